The lowest BCUT2D eigenvalue weighted by atomic mass is 9.99. The molecule has 0 aliphatic carbocycles. The van der Waals surface area contributed by atoms with Gasteiger partial charge < -0.3 is 13.6 Å². The third-order valence-electron chi connectivity index (χ3n) is 11.9. The maximum absolute atomic E-state index is 6.55. The molecule has 3 heterocycles. The Bertz CT molecular complexity index is 3360. The van der Waals surface area contributed by atoms with Gasteiger partial charge >= 0.3 is 0 Å². The second-order valence-electron chi connectivity index (χ2n) is 16.3. The highest BCUT2D eigenvalue weighted by Crippen LogP contribution is 2.40. The fourth-order valence-electron chi connectivity index (χ4n) is 9.26. The summed E-state index contributed by atoms with van der Waals surface area (Å²) in [5.74, 6) is 0. The SMILES string of the molecule is Cc1ccc2oc3c(-c4cccc(-n5c6ccc(C)cc6c6cc(Cc7ccc(-n8c9ccc(C)cc9c9cc(C)ccc98)cc7)ccc65)c4)cc(C)cc3c2c1. The van der Waals surface area contributed by atoms with Crippen molar-refractivity contribution in [1.29, 1.82) is 0 Å². The average Bonchev–Trinajstić information content (AvgIpc) is 3.84. The maximum Gasteiger partial charge on any atom is 0.143 e. The van der Waals surface area contributed by atoms with Gasteiger partial charge in [0, 0.05) is 49.3 Å². The molecule has 0 atom stereocenters. The molecule has 11 rings (SSSR count). The summed E-state index contributed by atoms with van der Waals surface area (Å²) in [6, 6.07) is 56.5. The molecule has 0 bridgehead atoms. The predicted molar refractivity (Wildman–Crippen MR) is 241 cm³/mol. The van der Waals surface area contributed by atoms with E-state index in [1.807, 2.05) is 0 Å². The number of aryl methyl sites for hydroxylation is 5. The predicted octanol–water partition coefficient (Wildman–Crippen LogP) is 14.6. The van der Waals surface area contributed by atoms with Gasteiger partial charge in [-0.3, -0.25) is 0 Å². The lowest BCUT2D eigenvalue weighted by Gasteiger charge is -2.12. The van der Waals surface area contributed by atoms with Crippen molar-refractivity contribution in [2.75, 3.05) is 0 Å². The Kier molecular flexibility index (Phi) is 7.40. The van der Waals surface area contributed by atoms with Crippen LogP contribution < -0.4 is 0 Å². The minimum atomic E-state index is 0.857. The first-order valence-corrected chi connectivity index (χ1v) is 19.9. The number of furan rings is 1. The summed E-state index contributed by atoms with van der Waals surface area (Å²) in [6.45, 7) is 10.9. The van der Waals surface area contributed by atoms with E-state index in [9.17, 15) is 0 Å². The molecule has 0 amide bonds. The molecular weight excluding hydrogens is 693 g/mol. The van der Waals surface area contributed by atoms with Gasteiger partial charge in [-0.25, -0.2) is 0 Å². The summed E-state index contributed by atoms with van der Waals surface area (Å²) in [5, 5.41) is 7.50. The molecule has 3 heteroatoms. The Morgan fingerprint density at radius 2 is 0.895 bits per heavy atom. The second kappa shape index (κ2) is 12.6. The van der Waals surface area contributed by atoms with Crippen molar-refractivity contribution in [2.45, 2.75) is 41.0 Å². The quantitative estimate of drug-likeness (QED) is 0.173. The van der Waals surface area contributed by atoms with Crippen molar-refractivity contribution in [3.05, 3.63) is 191 Å². The van der Waals surface area contributed by atoms with Crippen LogP contribution in [0.4, 0.5) is 0 Å². The first-order valence-electron chi connectivity index (χ1n) is 19.9. The lowest BCUT2D eigenvalue weighted by molar-refractivity contribution is 0.670. The van der Waals surface area contributed by atoms with Crippen LogP contribution in [0.1, 0.15) is 38.9 Å². The van der Waals surface area contributed by atoms with E-state index in [1.165, 1.54) is 99.0 Å². The van der Waals surface area contributed by atoms with Crippen LogP contribution >= 0.6 is 0 Å². The van der Waals surface area contributed by atoms with Crippen molar-refractivity contribution < 1.29 is 4.42 Å². The molecule has 0 aliphatic heterocycles. The minimum absolute atomic E-state index is 0.857. The Balaban J connectivity index is 0.981. The van der Waals surface area contributed by atoms with Crippen LogP contribution in [0.5, 0.6) is 0 Å². The minimum Gasteiger partial charge on any atom is -0.455 e. The normalized spacial score (nSPS) is 12.0. The fourth-order valence-corrected chi connectivity index (χ4v) is 9.26. The number of rotatable bonds is 5. The molecule has 0 saturated carbocycles. The van der Waals surface area contributed by atoms with Gasteiger partial charge in [0.25, 0.3) is 0 Å². The van der Waals surface area contributed by atoms with Crippen molar-refractivity contribution in [2.24, 2.45) is 0 Å². The van der Waals surface area contributed by atoms with Gasteiger partial charge in [0.05, 0.1) is 22.1 Å². The molecule has 0 radical (unpaired) electrons. The van der Waals surface area contributed by atoms with Gasteiger partial charge in [-0.15, -0.1) is 0 Å². The molecule has 57 heavy (non-hydrogen) atoms. The monoisotopic (exact) mass is 734 g/mol. The zero-order chi connectivity index (χ0) is 38.5. The Morgan fingerprint density at radius 1 is 0.386 bits per heavy atom. The summed E-state index contributed by atoms with van der Waals surface area (Å²) in [7, 11) is 0. The third kappa shape index (κ3) is 5.41. The maximum atomic E-state index is 6.55. The molecule has 0 aliphatic rings. The Morgan fingerprint density at radius 3 is 1.53 bits per heavy atom. The van der Waals surface area contributed by atoms with Crippen molar-refractivity contribution in [1.82, 2.24) is 9.13 Å². The Hall–Kier alpha value is -6.84. The van der Waals surface area contributed by atoms with Crippen LogP contribution in [-0.2, 0) is 6.42 Å². The van der Waals surface area contributed by atoms with Crippen LogP contribution in [0.2, 0.25) is 0 Å². The zero-order valence-electron chi connectivity index (χ0n) is 32.9. The van der Waals surface area contributed by atoms with Crippen LogP contribution in [0, 0.1) is 34.6 Å². The van der Waals surface area contributed by atoms with E-state index in [2.05, 4.69) is 195 Å². The number of hydrogen-bond donors (Lipinski definition) is 0. The van der Waals surface area contributed by atoms with Crippen molar-refractivity contribution >= 4 is 65.6 Å². The topological polar surface area (TPSA) is 23.0 Å². The molecular formula is C54H42N2O. The van der Waals surface area contributed by atoms with E-state index in [0.717, 1.165) is 34.4 Å². The van der Waals surface area contributed by atoms with Crippen LogP contribution in [-0.4, -0.2) is 9.13 Å². The van der Waals surface area contributed by atoms with E-state index in [4.69, 9.17) is 4.42 Å². The third-order valence-corrected chi connectivity index (χ3v) is 11.9. The van der Waals surface area contributed by atoms with Gasteiger partial charge in [-0.05, 0) is 160 Å². The van der Waals surface area contributed by atoms with Gasteiger partial charge in [0.2, 0.25) is 0 Å². The second-order valence-corrected chi connectivity index (χ2v) is 16.3. The van der Waals surface area contributed by atoms with E-state index < -0.39 is 0 Å². The van der Waals surface area contributed by atoms with E-state index >= 15 is 0 Å². The smallest absolute Gasteiger partial charge is 0.143 e. The van der Waals surface area contributed by atoms with Gasteiger partial charge in [-0.1, -0.05) is 76.9 Å². The molecule has 0 N–H and O–H groups in total. The molecule has 11 aromatic rings. The van der Waals surface area contributed by atoms with E-state index in [1.54, 1.807) is 0 Å². The highest BCUT2D eigenvalue weighted by molar-refractivity contribution is 6.12. The van der Waals surface area contributed by atoms with Crippen LogP contribution in [0.15, 0.2) is 156 Å². The summed E-state index contributed by atoms with van der Waals surface area (Å²) in [6.07, 6.45) is 0.857. The van der Waals surface area contributed by atoms with E-state index in [0.29, 0.717) is 0 Å². The molecule has 0 fully saturated rings. The lowest BCUT2D eigenvalue weighted by Crippen LogP contribution is -1.96. The van der Waals surface area contributed by atoms with Crippen molar-refractivity contribution in [3.8, 4) is 22.5 Å². The van der Waals surface area contributed by atoms with Crippen LogP contribution in [0.3, 0.4) is 0 Å². The van der Waals surface area contributed by atoms with Gasteiger partial charge in [0.15, 0.2) is 0 Å². The standard InChI is InChI=1S/C54H42N2O/c1-32-9-18-49-43(23-32)44-24-33(2)10-19-50(44)55(49)40-16-13-37(14-17-40)29-38-15-21-52-46(30-38)45-25-34(3)11-20-51(45)56(52)41-8-6-7-39(31-41)42-27-36(5)28-48-47-26-35(4)12-22-53(47)57-54(42)48/h6-28,30-31H,29H2,1-5H3. The summed E-state index contributed by atoms with van der Waals surface area (Å²) in [5.41, 5.74) is 20.2. The molecule has 3 nitrogen and oxygen atoms in total. The highest BCUT2D eigenvalue weighted by Gasteiger charge is 2.18. The number of aromatic nitrogens is 2. The van der Waals surface area contributed by atoms with Crippen molar-refractivity contribution in [3.63, 3.8) is 0 Å². The summed E-state index contributed by atoms with van der Waals surface area (Å²) < 4.78 is 11.4. The van der Waals surface area contributed by atoms with Crippen LogP contribution in [0.25, 0.3) is 88.1 Å². The number of hydrogen-bond acceptors (Lipinski definition) is 1. The molecule has 274 valence electrons. The number of fused-ring (bicyclic) bond motifs is 9. The first kappa shape index (κ1) is 33.5. The molecule has 0 spiro atoms. The zero-order valence-corrected chi connectivity index (χ0v) is 32.9. The molecule has 0 saturated heterocycles. The first-order chi connectivity index (χ1) is 27.8. The summed E-state index contributed by atoms with van der Waals surface area (Å²) in [4.78, 5) is 0. The average molecular weight is 735 g/mol. The highest BCUT2D eigenvalue weighted by atomic mass is 16.3. The van der Waals surface area contributed by atoms with Gasteiger partial charge in [-0.2, -0.15) is 0 Å². The number of benzene rings is 8. The molecule has 3 aromatic heterocycles. The fraction of sp³-hybridized carbons (Fsp3) is 0.111. The van der Waals surface area contributed by atoms with Gasteiger partial charge in [0.1, 0.15) is 11.2 Å². The Labute approximate surface area is 332 Å². The molecule has 8 aromatic carbocycles. The van der Waals surface area contributed by atoms with E-state index in [-0.39, 0.29) is 0 Å². The molecule has 0 unspecified atom stereocenters. The largest absolute Gasteiger partial charge is 0.455 e. The number of nitrogens with zero attached hydrogens (tertiary/aromatic N) is 2. The summed E-state index contributed by atoms with van der Waals surface area (Å²) >= 11 is 0.